The van der Waals surface area contributed by atoms with Crippen molar-refractivity contribution in [3.63, 3.8) is 0 Å². The van der Waals surface area contributed by atoms with Gasteiger partial charge in [-0.3, -0.25) is 9.29 Å². The number of pyridine rings is 1. The van der Waals surface area contributed by atoms with E-state index in [0.29, 0.717) is 42.1 Å². The number of aromatic nitrogens is 6. The first-order valence-electron chi connectivity index (χ1n) is 10.1. The van der Waals surface area contributed by atoms with Crippen LogP contribution < -0.4 is 14.2 Å². The molecule has 0 radical (unpaired) electrons. The summed E-state index contributed by atoms with van der Waals surface area (Å²) >= 11 is 0. The Labute approximate surface area is 192 Å². The second-order valence-corrected chi connectivity index (χ2v) is 9.22. The van der Waals surface area contributed by atoms with Crippen LogP contribution in [-0.2, 0) is 21.3 Å². The molecule has 0 bridgehead atoms. The van der Waals surface area contributed by atoms with Crippen LogP contribution in [0.25, 0.3) is 11.5 Å². The van der Waals surface area contributed by atoms with E-state index in [1.54, 1.807) is 43.7 Å². The molecule has 0 unspecified atom stereocenters. The number of anilines is 1. The monoisotopic (exact) mass is 477 g/mol. The quantitative estimate of drug-likeness (QED) is 0.433. The lowest BCUT2D eigenvalue weighted by Crippen LogP contribution is -2.31. The van der Waals surface area contributed by atoms with Gasteiger partial charge in [-0.05, 0) is 13.0 Å². The highest BCUT2D eigenvalue weighted by molar-refractivity contribution is 7.93. The number of hydrogen-bond acceptors (Lipinski definition) is 10. The predicted molar refractivity (Wildman–Crippen MR) is 121 cm³/mol. The molecular weight excluding hydrogens is 450 g/mol. The molecule has 0 aliphatic heterocycles. The van der Waals surface area contributed by atoms with Gasteiger partial charge in [-0.25, -0.2) is 23.4 Å². The van der Waals surface area contributed by atoms with E-state index in [1.165, 1.54) is 26.6 Å². The molecule has 0 spiro atoms. The van der Waals surface area contributed by atoms with Crippen molar-refractivity contribution >= 4 is 16.0 Å². The fourth-order valence-corrected chi connectivity index (χ4v) is 4.23. The van der Waals surface area contributed by atoms with Gasteiger partial charge in [0.15, 0.2) is 11.6 Å². The maximum atomic E-state index is 13.2. The fourth-order valence-electron chi connectivity index (χ4n) is 2.98. The summed E-state index contributed by atoms with van der Waals surface area (Å²) < 4.78 is 45.9. The third-order valence-electron chi connectivity index (χ3n) is 5.15. The van der Waals surface area contributed by atoms with Crippen LogP contribution >= 0.6 is 0 Å². The minimum atomic E-state index is -3.88. The lowest BCUT2D eigenvalue weighted by Gasteiger charge is -2.20. The number of nitrogens with one attached hydrogen (secondary N) is 1. The van der Waals surface area contributed by atoms with Crippen molar-refractivity contribution in [2.24, 2.45) is 0 Å². The maximum Gasteiger partial charge on any atom is 0.238 e. The normalized spacial score (nSPS) is 13.4. The van der Waals surface area contributed by atoms with Crippen LogP contribution in [0.3, 0.4) is 0 Å². The number of methoxy groups -OCH3 is 3. The van der Waals surface area contributed by atoms with E-state index in [2.05, 4.69) is 29.9 Å². The van der Waals surface area contributed by atoms with Gasteiger partial charge in [-0.1, -0.05) is 13.0 Å². The molecule has 13 heteroatoms. The van der Waals surface area contributed by atoms with Crippen molar-refractivity contribution in [2.45, 2.75) is 31.6 Å². The number of hydrogen-bond donors (Lipinski definition) is 1. The van der Waals surface area contributed by atoms with Gasteiger partial charge in [-0.2, -0.15) is 0 Å². The maximum absolute atomic E-state index is 13.2. The van der Waals surface area contributed by atoms with E-state index >= 15 is 0 Å². The number of ether oxygens (including phenoxy) is 3. The van der Waals surface area contributed by atoms with Crippen molar-refractivity contribution in [3.8, 4) is 23.1 Å². The summed E-state index contributed by atoms with van der Waals surface area (Å²) in [5.41, 5.74) is 0.483. The molecule has 33 heavy (non-hydrogen) atoms. The zero-order chi connectivity index (χ0) is 24.0. The number of nitrogens with zero attached hydrogens (tertiary/aromatic N) is 6. The predicted octanol–water partition coefficient (Wildman–Crippen LogP) is 1.73. The largest absolute Gasteiger partial charge is 0.494 e. The molecule has 3 aromatic heterocycles. The van der Waals surface area contributed by atoms with E-state index in [1.807, 2.05) is 0 Å². The molecule has 0 aliphatic carbocycles. The Bertz CT molecular complexity index is 1170. The van der Waals surface area contributed by atoms with Crippen molar-refractivity contribution in [3.05, 3.63) is 36.4 Å². The van der Waals surface area contributed by atoms with Crippen molar-refractivity contribution in [1.29, 1.82) is 0 Å². The molecule has 0 fully saturated rings. The molecule has 2 atom stereocenters. The Kier molecular flexibility index (Phi) is 7.76. The average Bonchev–Trinajstić information content (AvgIpc) is 3.23. The third kappa shape index (κ3) is 5.54. The molecule has 3 heterocycles. The third-order valence-corrected chi connectivity index (χ3v) is 7.00. The second kappa shape index (κ2) is 10.5. The van der Waals surface area contributed by atoms with Gasteiger partial charge < -0.3 is 14.2 Å². The molecule has 0 aromatic carbocycles. The van der Waals surface area contributed by atoms with Gasteiger partial charge in [0.2, 0.25) is 21.9 Å². The minimum absolute atomic E-state index is 0.0568. The van der Waals surface area contributed by atoms with E-state index in [9.17, 15) is 8.42 Å². The Morgan fingerprint density at radius 3 is 2.42 bits per heavy atom. The summed E-state index contributed by atoms with van der Waals surface area (Å²) in [7, 11) is 0.694. The van der Waals surface area contributed by atoms with E-state index in [0.717, 1.165) is 0 Å². The molecule has 0 aliphatic rings. The van der Waals surface area contributed by atoms with Crippen molar-refractivity contribution < 1.29 is 22.6 Å². The molecule has 1 N–H and O–H groups in total. The SMILES string of the molecule is COCCn1c(NS(=O)(=O)[C@@H](C)[C@H](C)c2ncc(OC)cn2)nnc1-c1cccc(OC)n1. The average molecular weight is 478 g/mol. The van der Waals surface area contributed by atoms with Crippen molar-refractivity contribution in [2.75, 3.05) is 32.7 Å². The standard InChI is InChI=1S/C20H27N7O5S/c1-13(18-21-11-15(31-4)12-22-18)14(2)33(28,29)26-20-25-24-19(27(20)9-10-30-3)16-7-6-8-17(23-16)32-5/h6-8,11-14H,9-10H2,1-5H3,(H,25,26)/t13-,14-/m0/s1. The topological polar surface area (TPSA) is 143 Å². The van der Waals surface area contributed by atoms with E-state index in [-0.39, 0.29) is 5.95 Å². The van der Waals surface area contributed by atoms with E-state index in [4.69, 9.17) is 14.2 Å². The second-order valence-electron chi connectivity index (χ2n) is 7.18. The fraction of sp³-hybridized carbons (Fsp3) is 0.450. The molecule has 0 saturated carbocycles. The highest BCUT2D eigenvalue weighted by Gasteiger charge is 2.31. The Hall–Kier alpha value is -3.32. The highest BCUT2D eigenvalue weighted by atomic mass is 32.2. The van der Waals surface area contributed by atoms with Crippen LogP contribution in [0.5, 0.6) is 11.6 Å². The molecule has 3 rings (SSSR count). The Balaban J connectivity index is 1.89. The zero-order valence-corrected chi connectivity index (χ0v) is 19.9. The Morgan fingerprint density at radius 2 is 1.79 bits per heavy atom. The summed E-state index contributed by atoms with van der Waals surface area (Å²) in [4.78, 5) is 12.8. The van der Waals surface area contributed by atoms with Gasteiger partial charge >= 0.3 is 0 Å². The van der Waals surface area contributed by atoms with Gasteiger partial charge in [-0.15, -0.1) is 10.2 Å². The first-order chi connectivity index (χ1) is 15.8. The van der Waals surface area contributed by atoms with Gasteiger partial charge in [0.1, 0.15) is 11.5 Å². The molecular formula is C20H27N7O5S. The lowest BCUT2D eigenvalue weighted by molar-refractivity contribution is 0.188. The number of rotatable bonds is 11. The highest BCUT2D eigenvalue weighted by Crippen LogP contribution is 2.26. The van der Waals surface area contributed by atoms with E-state index < -0.39 is 21.2 Å². The summed E-state index contributed by atoms with van der Waals surface area (Å²) in [5.74, 6) is 1.21. The molecule has 178 valence electrons. The van der Waals surface area contributed by atoms with Crippen LogP contribution in [0.4, 0.5) is 5.95 Å². The first kappa shape index (κ1) is 24.3. The van der Waals surface area contributed by atoms with Gasteiger partial charge in [0.25, 0.3) is 0 Å². The minimum Gasteiger partial charge on any atom is -0.494 e. The van der Waals surface area contributed by atoms with Crippen LogP contribution in [0, 0.1) is 0 Å². The van der Waals surface area contributed by atoms with Crippen LogP contribution in [0.2, 0.25) is 0 Å². The summed E-state index contributed by atoms with van der Waals surface area (Å²) in [6, 6.07) is 5.20. The van der Waals surface area contributed by atoms with Crippen LogP contribution in [0.1, 0.15) is 25.6 Å². The van der Waals surface area contributed by atoms with Crippen LogP contribution in [-0.4, -0.2) is 71.3 Å². The zero-order valence-electron chi connectivity index (χ0n) is 19.1. The molecule has 3 aromatic rings. The van der Waals surface area contributed by atoms with Gasteiger partial charge in [0.05, 0.1) is 45.0 Å². The van der Waals surface area contributed by atoms with Gasteiger partial charge in [0, 0.05) is 19.1 Å². The smallest absolute Gasteiger partial charge is 0.238 e. The summed E-state index contributed by atoms with van der Waals surface area (Å²) in [5, 5.41) is 7.35. The number of sulfonamides is 1. The van der Waals surface area contributed by atoms with Crippen molar-refractivity contribution in [1.82, 2.24) is 29.7 Å². The Morgan fingerprint density at radius 1 is 1.06 bits per heavy atom. The first-order valence-corrected chi connectivity index (χ1v) is 11.7. The molecule has 0 amide bonds. The van der Waals surface area contributed by atoms with Crippen LogP contribution in [0.15, 0.2) is 30.6 Å². The lowest BCUT2D eigenvalue weighted by atomic mass is 10.1. The summed E-state index contributed by atoms with van der Waals surface area (Å²) in [6.45, 7) is 3.95. The molecule has 0 saturated heterocycles. The summed E-state index contributed by atoms with van der Waals surface area (Å²) in [6.07, 6.45) is 3.00. The molecule has 12 nitrogen and oxygen atoms in total.